The van der Waals surface area contributed by atoms with Gasteiger partial charge in [0.15, 0.2) is 0 Å². The van der Waals surface area contributed by atoms with Crippen molar-refractivity contribution < 1.29 is 9.53 Å². The molecule has 3 aliphatic carbocycles. The summed E-state index contributed by atoms with van der Waals surface area (Å²) in [7, 11) is 0. The van der Waals surface area contributed by atoms with Gasteiger partial charge in [0.05, 0.1) is 6.61 Å². The highest BCUT2D eigenvalue weighted by molar-refractivity contribution is 5.81. The van der Waals surface area contributed by atoms with Gasteiger partial charge in [0, 0.05) is 24.2 Å². The largest absolute Gasteiger partial charge is 0.462 e. The van der Waals surface area contributed by atoms with Gasteiger partial charge in [0.25, 0.3) is 0 Å². The molecule has 154 valence electrons. The van der Waals surface area contributed by atoms with Gasteiger partial charge in [-0.05, 0) is 94.8 Å². The molecule has 3 aliphatic rings. The van der Waals surface area contributed by atoms with E-state index in [-0.39, 0.29) is 5.97 Å². The van der Waals surface area contributed by atoms with Crippen LogP contribution in [-0.4, -0.2) is 35.6 Å². The summed E-state index contributed by atoms with van der Waals surface area (Å²) in [6.45, 7) is 8.93. The van der Waals surface area contributed by atoms with Crippen LogP contribution in [0.15, 0.2) is 12.7 Å². The van der Waals surface area contributed by atoms with Crippen LogP contribution in [0.25, 0.3) is 0 Å². The molecule has 0 aliphatic heterocycles. The van der Waals surface area contributed by atoms with Crippen LogP contribution in [0.1, 0.15) is 90.9 Å². The maximum Gasteiger partial charge on any atom is 0.330 e. The maximum absolute atomic E-state index is 11.3. The molecule has 0 aromatic rings. The molecule has 0 aromatic heterocycles. The Morgan fingerprint density at radius 2 is 1.22 bits per heavy atom. The summed E-state index contributed by atoms with van der Waals surface area (Å²) in [5, 5.41) is 0. The van der Waals surface area contributed by atoms with Crippen molar-refractivity contribution in [3.05, 3.63) is 12.7 Å². The second-order valence-corrected chi connectivity index (χ2v) is 9.78. The zero-order valence-electron chi connectivity index (χ0n) is 17.7. The molecule has 0 bridgehead atoms. The summed E-state index contributed by atoms with van der Waals surface area (Å²) >= 11 is 0. The lowest BCUT2D eigenvalue weighted by molar-refractivity contribution is -0.139. The van der Waals surface area contributed by atoms with Crippen LogP contribution in [0.3, 0.4) is 0 Å². The number of rotatable bonds is 6. The Morgan fingerprint density at radius 3 is 1.63 bits per heavy atom. The molecule has 0 spiro atoms. The summed E-state index contributed by atoms with van der Waals surface area (Å²) < 4.78 is 5.31. The first-order chi connectivity index (χ1) is 13.1. The van der Waals surface area contributed by atoms with E-state index in [1.807, 2.05) is 0 Å². The Kier molecular flexibility index (Phi) is 7.81. The van der Waals surface area contributed by atoms with Crippen molar-refractivity contribution in [2.24, 2.45) is 17.8 Å². The van der Waals surface area contributed by atoms with Gasteiger partial charge in [0.2, 0.25) is 0 Å². The molecule has 3 heteroatoms. The molecule has 0 N–H and O–H groups in total. The first-order valence-corrected chi connectivity index (χ1v) is 11.6. The van der Waals surface area contributed by atoms with Crippen LogP contribution in [-0.2, 0) is 9.53 Å². The van der Waals surface area contributed by atoms with E-state index in [0.717, 1.165) is 30.0 Å². The van der Waals surface area contributed by atoms with Crippen molar-refractivity contribution in [3.63, 3.8) is 0 Å². The van der Waals surface area contributed by atoms with Gasteiger partial charge in [-0.25, -0.2) is 4.79 Å². The van der Waals surface area contributed by atoms with E-state index in [2.05, 4.69) is 25.3 Å². The molecule has 0 amide bonds. The first-order valence-electron chi connectivity index (χ1n) is 11.6. The molecule has 0 radical (unpaired) electrons. The number of hydrogen-bond acceptors (Lipinski definition) is 3. The number of hydrogen-bond donors (Lipinski definition) is 0. The minimum Gasteiger partial charge on any atom is -0.462 e. The van der Waals surface area contributed by atoms with Crippen LogP contribution in [0.4, 0.5) is 0 Å². The molecule has 3 saturated carbocycles. The Hall–Kier alpha value is -0.830. The van der Waals surface area contributed by atoms with Crippen molar-refractivity contribution in [2.45, 2.75) is 109 Å². The average molecular weight is 376 g/mol. The fraction of sp³-hybridized carbons (Fsp3) is 0.875. The van der Waals surface area contributed by atoms with Crippen LogP contribution in [0, 0.1) is 17.8 Å². The highest BCUT2D eigenvalue weighted by atomic mass is 16.5. The van der Waals surface area contributed by atoms with Crippen LogP contribution in [0.2, 0.25) is 0 Å². The van der Waals surface area contributed by atoms with Gasteiger partial charge in [0.1, 0.15) is 0 Å². The number of carbonyl (C=O) groups excluding carboxylic acids is 1. The minimum absolute atomic E-state index is 0.272. The van der Waals surface area contributed by atoms with Crippen LogP contribution >= 0.6 is 0 Å². The standard InChI is InChI=1S/C24H41NO2/c1-4-24(26)27-17-20-9-15-23(16-10-20)25(21-11-5-18(2)6-12-21)22-13-7-19(3)8-14-22/h4,18-23H,1,5-17H2,2-3H3. The average Bonchev–Trinajstić information content (AvgIpc) is 2.70. The number of ether oxygens (including phenoxy) is 1. The Morgan fingerprint density at radius 1 is 0.815 bits per heavy atom. The normalized spacial score (nSPS) is 37.7. The van der Waals surface area contributed by atoms with Crippen LogP contribution in [0.5, 0.6) is 0 Å². The lowest BCUT2D eigenvalue weighted by Gasteiger charge is -2.49. The Labute approximate surface area is 166 Å². The van der Waals surface area contributed by atoms with Crippen molar-refractivity contribution >= 4 is 5.97 Å². The van der Waals surface area contributed by atoms with Crippen LogP contribution < -0.4 is 0 Å². The lowest BCUT2D eigenvalue weighted by atomic mass is 9.78. The summed E-state index contributed by atoms with van der Waals surface area (Å²) in [6.07, 6.45) is 17.5. The zero-order chi connectivity index (χ0) is 19.2. The molecule has 3 rings (SSSR count). The summed E-state index contributed by atoms with van der Waals surface area (Å²) in [4.78, 5) is 14.4. The maximum atomic E-state index is 11.3. The quantitative estimate of drug-likeness (QED) is 0.438. The van der Waals surface area contributed by atoms with E-state index in [0.29, 0.717) is 12.5 Å². The van der Waals surface area contributed by atoms with Gasteiger partial charge >= 0.3 is 5.97 Å². The second-order valence-electron chi connectivity index (χ2n) is 9.78. The highest BCUT2D eigenvalue weighted by Gasteiger charge is 2.37. The van der Waals surface area contributed by atoms with E-state index in [1.54, 1.807) is 0 Å². The lowest BCUT2D eigenvalue weighted by Crippen LogP contribution is -2.52. The van der Waals surface area contributed by atoms with Crippen molar-refractivity contribution in [2.75, 3.05) is 6.61 Å². The Bertz CT molecular complexity index is 445. The summed E-state index contributed by atoms with van der Waals surface area (Å²) in [5.74, 6) is 2.12. The van der Waals surface area contributed by atoms with E-state index >= 15 is 0 Å². The molecule has 0 aromatic carbocycles. The van der Waals surface area contributed by atoms with Crippen molar-refractivity contribution in [1.82, 2.24) is 4.90 Å². The second kappa shape index (κ2) is 10.1. The smallest absolute Gasteiger partial charge is 0.330 e. The third-order valence-electron chi connectivity index (χ3n) is 7.68. The number of nitrogens with zero attached hydrogens (tertiary/aromatic N) is 1. The van der Waals surface area contributed by atoms with Crippen molar-refractivity contribution in [3.8, 4) is 0 Å². The molecule has 3 nitrogen and oxygen atoms in total. The van der Waals surface area contributed by atoms with Gasteiger partial charge in [-0.3, -0.25) is 4.90 Å². The van der Waals surface area contributed by atoms with Gasteiger partial charge < -0.3 is 4.74 Å². The Balaban J connectivity index is 1.58. The highest BCUT2D eigenvalue weighted by Crippen LogP contribution is 2.39. The third-order valence-corrected chi connectivity index (χ3v) is 7.68. The predicted octanol–water partition coefficient (Wildman–Crippen LogP) is 5.73. The molecule has 0 heterocycles. The van der Waals surface area contributed by atoms with E-state index < -0.39 is 0 Å². The first kappa shape index (κ1) is 20.9. The topological polar surface area (TPSA) is 29.5 Å². The number of carbonyl (C=O) groups is 1. The molecular weight excluding hydrogens is 334 g/mol. The monoisotopic (exact) mass is 375 g/mol. The molecule has 0 atom stereocenters. The van der Waals surface area contributed by atoms with Gasteiger partial charge in [-0.2, -0.15) is 0 Å². The zero-order valence-corrected chi connectivity index (χ0v) is 17.7. The molecule has 3 fully saturated rings. The fourth-order valence-corrected chi connectivity index (χ4v) is 5.84. The van der Waals surface area contributed by atoms with E-state index in [4.69, 9.17) is 4.74 Å². The number of esters is 1. The summed E-state index contributed by atoms with van der Waals surface area (Å²) in [5.41, 5.74) is 0. The molecule has 0 saturated heterocycles. The fourth-order valence-electron chi connectivity index (χ4n) is 5.84. The molecule has 0 unspecified atom stereocenters. The van der Waals surface area contributed by atoms with Gasteiger partial charge in [-0.15, -0.1) is 0 Å². The molecular formula is C24H41NO2. The predicted molar refractivity (Wildman–Crippen MR) is 112 cm³/mol. The van der Waals surface area contributed by atoms with E-state index in [1.165, 1.54) is 83.1 Å². The van der Waals surface area contributed by atoms with E-state index in [9.17, 15) is 4.79 Å². The SMILES string of the molecule is C=CC(=O)OCC1CCC(N(C2CCC(C)CC2)C2CCC(C)CC2)CC1. The minimum atomic E-state index is -0.272. The van der Waals surface area contributed by atoms with Crippen molar-refractivity contribution in [1.29, 1.82) is 0 Å². The summed E-state index contributed by atoms with van der Waals surface area (Å²) in [6, 6.07) is 2.40. The molecule has 27 heavy (non-hydrogen) atoms. The van der Waals surface area contributed by atoms with Gasteiger partial charge in [-0.1, -0.05) is 20.4 Å². The third kappa shape index (κ3) is 5.82.